The monoisotopic (exact) mass is 247 g/mol. The van der Waals surface area contributed by atoms with Crippen molar-refractivity contribution >= 4 is 0 Å². The molecule has 0 atom stereocenters. The number of aromatic nitrogens is 3. The normalized spacial score (nSPS) is 10.4. The smallest absolute Gasteiger partial charge is 0.167 e. The van der Waals surface area contributed by atoms with Crippen LogP contribution < -0.4 is 9.47 Å². The molecule has 0 unspecified atom stereocenters. The summed E-state index contributed by atoms with van der Waals surface area (Å²) in [6.07, 6.45) is 2.77. The zero-order chi connectivity index (χ0) is 13.0. The third-order valence-electron chi connectivity index (χ3n) is 2.73. The van der Waals surface area contributed by atoms with Gasteiger partial charge in [0, 0.05) is 12.6 Å². The number of benzene rings is 1. The molecule has 0 spiro atoms. The molecule has 1 heterocycles. The van der Waals surface area contributed by atoms with Crippen LogP contribution in [0.25, 0.3) is 11.4 Å². The summed E-state index contributed by atoms with van der Waals surface area (Å²) in [5, 5.41) is 8.12. The molecule has 5 heteroatoms. The predicted molar refractivity (Wildman–Crippen MR) is 68.9 cm³/mol. The van der Waals surface area contributed by atoms with Gasteiger partial charge in [0.05, 0.1) is 19.8 Å². The van der Waals surface area contributed by atoms with Gasteiger partial charge in [-0.15, -0.1) is 10.2 Å². The van der Waals surface area contributed by atoms with E-state index in [2.05, 4.69) is 17.1 Å². The standard InChI is InChI=1S/C13H17N3O2/c1-4-7-16-9-14-15-13(16)11-6-5-10(17-2)8-12(11)18-3/h5-6,8-9H,4,7H2,1-3H3. The lowest BCUT2D eigenvalue weighted by atomic mass is 10.1. The molecule has 0 amide bonds. The molecule has 18 heavy (non-hydrogen) atoms. The first kappa shape index (κ1) is 12.4. The maximum atomic E-state index is 5.38. The quantitative estimate of drug-likeness (QED) is 0.814. The minimum Gasteiger partial charge on any atom is -0.497 e. The summed E-state index contributed by atoms with van der Waals surface area (Å²) >= 11 is 0. The molecule has 0 aliphatic carbocycles. The van der Waals surface area contributed by atoms with Gasteiger partial charge in [-0.1, -0.05) is 6.92 Å². The van der Waals surface area contributed by atoms with Crippen LogP contribution >= 0.6 is 0 Å². The van der Waals surface area contributed by atoms with Crippen molar-refractivity contribution in [3.8, 4) is 22.9 Å². The van der Waals surface area contributed by atoms with Crippen LogP contribution in [0.15, 0.2) is 24.5 Å². The highest BCUT2D eigenvalue weighted by atomic mass is 16.5. The average Bonchev–Trinajstić information content (AvgIpc) is 2.86. The van der Waals surface area contributed by atoms with Gasteiger partial charge in [0.1, 0.15) is 17.8 Å². The van der Waals surface area contributed by atoms with Crippen LogP contribution in [-0.2, 0) is 6.54 Å². The van der Waals surface area contributed by atoms with Gasteiger partial charge in [-0.25, -0.2) is 0 Å². The maximum Gasteiger partial charge on any atom is 0.167 e. The Balaban J connectivity index is 2.46. The van der Waals surface area contributed by atoms with E-state index >= 15 is 0 Å². The first-order chi connectivity index (χ1) is 8.80. The van der Waals surface area contributed by atoms with Gasteiger partial charge in [-0.05, 0) is 18.6 Å². The molecule has 0 aliphatic rings. The summed E-state index contributed by atoms with van der Waals surface area (Å²) in [5.74, 6) is 2.31. The van der Waals surface area contributed by atoms with Gasteiger partial charge in [-0.2, -0.15) is 0 Å². The van der Waals surface area contributed by atoms with Crippen LogP contribution in [-0.4, -0.2) is 29.0 Å². The number of nitrogens with zero attached hydrogens (tertiary/aromatic N) is 3. The summed E-state index contributed by atoms with van der Waals surface area (Å²) < 4.78 is 12.6. The van der Waals surface area contributed by atoms with Gasteiger partial charge in [-0.3, -0.25) is 0 Å². The lowest BCUT2D eigenvalue weighted by molar-refractivity contribution is 0.395. The van der Waals surface area contributed by atoms with Crippen LogP contribution in [0.5, 0.6) is 11.5 Å². The van der Waals surface area contributed by atoms with Gasteiger partial charge >= 0.3 is 0 Å². The van der Waals surface area contributed by atoms with Crippen LogP contribution in [0.1, 0.15) is 13.3 Å². The molecule has 2 rings (SSSR count). The van der Waals surface area contributed by atoms with Crippen molar-refractivity contribution in [1.29, 1.82) is 0 Å². The average molecular weight is 247 g/mol. The van der Waals surface area contributed by atoms with Gasteiger partial charge in [0.2, 0.25) is 0 Å². The minimum absolute atomic E-state index is 0.736. The number of methoxy groups -OCH3 is 2. The molecule has 0 N–H and O–H groups in total. The molecule has 96 valence electrons. The molecule has 0 saturated carbocycles. The molecule has 2 aromatic rings. The van der Waals surface area contributed by atoms with Crippen molar-refractivity contribution in [2.24, 2.45) is 0 Å². The second-order valence-electron chi connectivity index (χ2n) is 3.91. The number of rotatable bonds is 5. The topological polar surface area (TPSA) is 49.2 Å². The van der Waals surface area contributed by atoms with E-state index in [0.29, 0.717) is 0 Å². The third kappa shape index (κ3) is 2.30. The zero-order valence-corrected chi connectivity index (χ0v) is 10.9. The van der Waals surface area contributed by atoms with Crippen LogP contribution in [0.3, 0.4) is 0 Å². The van der Waals surface area contributed by atoms with Crippen LogP contribution in [0, 0.1) is 0 Å². The largest absolute Gasteiger partial charge is 0.497 e. The molecule has 5 nitrogen and oxygen atoms in total. The fourth-order valence-corrected chi connectivity index (χ4v) is 1.85. The first-order valence-corrected chi connectivity index (χ1v) is 5.90. The predicted octanol–water partition coefficient (Wildman–Crippen LogP) is 2.37. The van der Waals surface area contributed by atoms with Crippen LogP contribution in [0.2, 0.25) is 0 Å². The van der Waals surface area contributed by atoms with E-state index in [-0.39, 0.29) is 0 Å². The molecule has 1 aromatic heterocycles. The van der Waals surface area contributed by atoms with Gasteiger partial charge in [0.15, 0.2) is 5.82 Å². The number of aryl methyl sites for hydroxylation is 1. The Kier molecular flexibility index (Phi) is 3.82. The molecule has 0 radical (unpaired) electrons. The summed E-state index contributed by atoms with van der Waals surface area (Å²) in [4.78, 5) is 0. The molecule has 0 fully saturated rings. The van der Waals surface area contributed by atoms with Crippen molar-refractivity contribution in [2.75, 3.05) is 14.2 Å². The molecular weight excluding hydrogens is 230 g/mol. The Labute approximate surface area is 106 Å². The SMILES string of the molecule is CCCn1cnnc1-c1ccc(OC)cc1OC. The van der Waals surface area contributed by atoms with Crippen molar-refractivity contribution in [1.82, 2.24) is 14.8 Å². The third-order valence-corrected chi connectivity index (χ3v) is 2.73. The highest BCUT2D eigenvalue weighted by molar-refractivity contribution is 5.65. The molecule has 1 aromatic carbocycles. The summed E-state index contributed by atoms with van der Waals surface area (Å²) in [5.41, 5.74) is 0.921. The number of hydrogen-bond acceptors (Lipinski definition) is 4. The second-order valence-corrected chi connectivity index (χ2v) is 3.91. The first-order valence-electron chi connectivity index (χ1n) is 5.90. The van der Waals surface area contributed by atoms with E-state index < -0.39 is 0 Å². The highest BCUT2D eigenvalue weighted by Gasteiger charge is 2.13. The number of ether oxygens (including phenoxy) is 2. The van der Waals surface area contributed by atoms with E-state index in [1.54, 1.807) is 20.5 Å². The zero-order valence-electron chi connectivity index (χ0n) is 10.9. The lowest BCUT2D eigenvalue weighted by Crippen LogP contribution is -2.00. The second kappa shape index (κ2) is 5.53. The fraction of sp³-hybridized carbons (Fsp3) is 0.385. The number of hydrogen-bond donors (Lipinski definition) is 0. The van der Waals surface area contributed by atoms with E-state index in [9.17, 15) is 0 Å². The van der Waals surface area contributed by atoms with Crippen molar-refractivity contribution in [3.05, 3.63) is 24.5 Å². The van der Waals surface area contributed by atoms with Crippen molar-refractivity contribution < 1.29 is 9.47 Å². The van der Waals surface area contributed by atoms with E-state index in [1.807, 2.05) is 22.8 Å². The Morgan fingerprint density at radius 1 is 1.22 bits per heavy atom. The van der Waals surface area contributed by atoms with Crippen molar-refractivity contribution in [3.63, 3.8) is 0 Å². The Morgan fingerprint density at radius 2 is 2.06 bits per heavy atom. The molecule has 0 bridgehead atoms. The Bertz CT molecular complexity index is 523. The van der Waals surface area contributed by atoms with Crippen molar-refractivity contribution in [2.45, 2.75) is 19.9 Å². The molecular formula is C13H17N3O2. The summed E-state index contributed by atoms with van der Waals surface area (Å²) in [6, 6.07) is 5.68. The minimum atomic E-state index is 0.736. The van der Waals surface area contributed by atoms with E-state index in [1.165, 1.54) is 0 Å². The van der Waals surface area contributed by atoms with E-state index in [0.717, 1.165) is 35.9 Å². The van der Waals surface area contributed by atoms with E-state index in [4.69, 9.17) is 9.47 Å². The lowest BCUT2D eigenvalue weighted by Gasteiger charge is -2.10. The maximum absolute atomic E-state index is 5.38. The summed E-state index contributed by atoms with van der Waals surface area (Å²) in [6.45, 7) is 3.01. The Hall–Kier alpha value is -2.04. The molecule has 0 saturated heterocycles. The summed E-state index contributed by atoms with van der Waals surface area (Å²) in [7, 11) is 3.27. The molecule has 0 aliphatic heterocycles. The fourth-order valence-electron chi connectivity index (χ4n) is 1.85. The highest BCUT2D eigenvalue weighted by Crippen LogP contribution is 2.31. The Morgan fingerprint density at radius 3 is 2.72 bits per heavy atom. The van der Waals surface area contributed by atoms with Crippen LogP contribution in [0.4, 0.5) is 0 Å². The van der Waals surface area contributed by atoms with Gasteiger partial charge < -0.3 is 14.0 Å². The van der Waals surface area contributed by atoms with Gasteiger partial charge in [0.25, 0.3) is 0 Å².